The molecule has 1 N–H and O–H groups in total. The Morgan fingerprint density at radius 3 is 2.73 bits per heavy atom. The number of benzene rings is 1. The topological polar surface area (TPSA) is 88.9 Å². The monoisotopic (exact) mass is 410 g/mol. The maximum absolute atomic E-state index is 13.5. The summed E-state index contributed by atoms with van der Waals surface area (Å²) in [6.07, 6.45) is 5.01. The number of hydrogen-bond donors (Lipinski definition) is 1. The van der Waals surface area contributed by atoms with Crippen molar-refractivity contribution in [2.24, 2.45) is 12.5 Å². The first kappa shape index (κ1) is 18.9. The van der Waals surface area contributed by atoms with Gasteiger partial charge in [0.25, 0.3) is 5.91 Å². The van der Waals surface area contributed by atoms with Gasteiger partial charge >= 0.3 is 0 Å². The van der Waals surface area contributed by atoms with Crippen molar-refractivity contribution >= 4 is 5.91 Å². The van der Waals surface area contributed by atoms with Gasteiger partial charge in [0.05, 0.1) is 17.5 Å². The normalized spacial score (nSPS) is 20.7. The van der Waals surface area contributed by atoms with Crippen LogP contribution in [0.1, 0.15) is 34.9 Å². The molecule has 2 aliphatic rings. The molecule has 8 nitrogen and oxygen atoms in total. The molecule has 1 unspecified atom stereocenters. The lowest BCUT2D eigenvalue weighted by Crippen LogP contribution is -2.37. The van der Waals surface area contributed by atoms with Crippen molar-refractivity contribution in [2.75, 3.05) is 26.3 Å². The van der Waals surface area contributed by atoms with Gasteiger partial charge in [0, 0.05) is 50.2 Å². The molecular weight excluding hydrogens is 387 g/mol. The number of likely N-dealkylation sites (tertiary alicyclic amines) is 1. The predicted octanol–water partition coefficient (Wildman–Crippen LogP) is 2.38. The third kappa shape index (κ3) is 3.09. The number of hydrogen-bond acceptors (Lipinski definition) is 5. The molecule has 5 rings (SSSR count). The number of nitrogens with one attached hydrogen (secondary N) is 1. The number of H-pyrrole nitrogens is 1. The Labute approximate surface area is 173 Å². The lowest BCUT2D eigenvalue weighted by atomic mass is 9.72. The third-order valence-corrected chi connectivity index (χ3v) is 6.48. The summed E-state index contributed by atoms with van der Waals surface area (Å²) in [7, 11) is 1.94. The maximum Gasteiger partial charge on any atom is 0.257 e. The molecule has 0 bridgehead atoms. The van der Waals surface area contributed by atoms with Gasteiger partial charge in [-0.1, -0.05) is 0 Å². The number of amides is 1. The second-order valence-electron chi connectivity index (χ2n) is 8.18. The third-order valence-electron chi connectivity index (χ3n) is 6.48. The summed E-state index contributed by atoms with van der Waals surface area (Å²) in [5, 5.41) is 15.4. The highest BCUT2D eigenvalue weighted by molar-refractivity contribution is 6.00. The second kappa shape index (κ2) is 7.32. The van der Waals surface area contributed by atoms with E-state index in [0.29, 0.717) is 37.6 Å². The molecule has 1 spiro atoms. The average Bonchev–Trinajstić information content (AvgIpc) is 3.48. The van der Waals surface area contributed by atoms with E-state index in [0.717, 1.165) is 24.2 Å². The molecule has 0 aliphatic carbocycles. The van der Waals surface area contributed by atoms with E-state index in [1.165, 1.54) is 12.1 Å². The summed E-state index contributed by atoms with van der Waals surface area (Å²) in [5.74, 6) is 0.592. The number of nitrogens with zero attached hydrogens (tertiary/aromatic N) is 5. The van der Waals surface area contributed by atoms with Crippen molar-refractivity contribution in [1.29, 1.82) is 0 Å². The first-order valence-corrected chi connectivity index (χ1v) is 10.1. The molecule has 3 aromatic rings. The summed E-state index contributed by atoms with van der Waals surface area (Å²) in [5.41, 5.74) is 1.74. The maximum atomic E-state index is 13.5. The van der Waals surface area contributed by atoms with Gasteiger partial charge in [0.1, 0.15) is 18.0 Å². The van der Waals surface area contributed by atoms with Gasteiger partial charge in [-0.2, -0.15) is 5.10 Å². The molecule has 1 amide bonds. The number of aryl methyl sites for hydroxylation is 1. The zero-order valence-electron chi connectivity index (χ0n) is 16.7. The number of rotatable bonds is 3. The number of carbonyl (C=O) groups is 1. The van der Waals surface area contributed by atoms with E-state index in [-0.39, 0.29) is 23.1 Å². The highest BCUT2D eigenvalue weighted by atomic mass is 19.1. The fourth-order valence-electron chi connectivity index (χ4n) is 4.83. The van der Waals surface area contributed by atoms with Gasteiger partial charge in [-0.25, -0.2) is 4.39 Å². The Morgan fingerprint density at radius 1 is 1.27 bits per heavy atom. The first-order chi connectivity index (χ1) is 14.6. The van der Waals surface area contributed by atoms with Gasteiger partial charge in [-0.3, -0.25) is 9.89 Å². The van der Waals surface area contributed by atoms with Crippen LogP contribution in [0.3, 0.4) is 0 Å². The van der Waals surface area contributed by atoms with Crippen molar-refractivity contribution in [3.8, 4) is 11.3 Å². The Morgan fingerprint density at radius 2 is 2.03 bits per heavy atom. The highest BCUT2D eigenvalue weighted by Gasteiger charge is 2.51. The molecule has 156 valence electrons. The van der Waals surface area contributed by atoms with Crippen LogP contribution in [0.15, 0.2) is 36.8 Å². The molecule has 1 atom stereocenters. The molecule has 4 heterocycles. The van der Waals surface area contributed by atoms with Crippen LogP contribution in [0.4, 0.5) is 4.39 Å². The van der Waals surface area contributed by atoms with E-state index in [1.54, 1.807) is 24.7 Å². The Hall–Kier alpha value is -3.07. The lowest BCUT2D eigenvalue weighted by Gasteiger charge is -2.37. The average molecular weight is 410 g/mol. The van der Waals surface area contributed by atoms with Crippen LogP contribution >= 0.6 is 0 Å². The molecule has 2 fully saturated rings. The van der Waals surface area contributed by atoms with Crippen molar-refractivity contribution < 1.29 is 13.9 Å². The van der Waals surface area contributed by atoms with Gasteiger partial charge < -0.3 is 14.2 Å². The van der Waals surface area contributed by atoms with Crippen LogP contribution in [0.25, 0.3) is 11.3 Å². The molecule has 1 aromatic carbocycles. The van der Waals surface area contributed by atoms with Crippen LogP contribution in [-0.4, -0.2) is 62.1 Å². The van der Waals surface area contributed by atoms with Crippen molar-refractivity contribution in [2.45, 2.75) is 18.8 Å². The van der Waals surface area contributed by atoms with Gasteiger partial charge in [0.15, 0.2) is 0 Å². The lowest BCUT2D eigenvalue weighted by molar-refractivity contribution is 0.0108. The van der Waals surface area contributed by atoms with Crippen LogP contribution in [0.5, 0.6) is 0 Å². The van der Waals surface area contributed by atoms with Crippen LogP contribution in [0.2, 0.25) is 0 Å². The minimum absolute atomic E-state index is 0.0749. The van der Waals surface area contributed by atoms with E-state index >= 15 is 0 Å². The Bertz CT molecular complexity index is 1050. The number of carbonyl (C=O) groups excluding carboxylic acids is 1. The minimum atomic E-state index is -0.321. The molecule has 2 aromatic heterocycles. The molecule has 9 heteroatoms. The highest BCUT2D eigenvalue weighted by Crippen LogP contribution is 2.49. The molecule has 0 radical (unpaired) electrons. The summed E-state index contributed by atoms with van der Waals surface area (Å²) in [4.78, 5) is 15.4. The smallest absolute Gasteiger partial charge is 0.257 e. The number of ether oxygens (including phenoxy) is 1. The van der Waals surface area contributed by atoms with Gasteiger partial charge in [-0.15, -0.1) is 10.2 Å². The van der Waals surface area contributed by atoms with E-state index < -0.39 is 0 Å². The summed E-state index contributed by atoms with van der Waals surface area (Å²) < 4.78 is 20.9. The molecular formula is C21H23FN6O2. The minimum Gasteiger partial charge on any atom is -0.381 e. The Balaban J connectivity index is 1.47. The van der Waals surface area contributed by atoms with E-state index in [9.17, 15) is 9.18 Å². The van der Waals surface area contributed by atoms with Crippen LogP contribution in [0, 0.1) is 11.2 Å². The standard InChI is InChI=1S/C21H23FN6O2/c1-27-13-24-26-19(27)17-11-28(12-21(17)6-8-30-9-7-21)20(29)16-10-23-25-18(16)14-2-4-15(22)5-3-14/h2-5,10,13,17H,6-9,11-12H2,1H3,(H,23,25). The van der Waals surface area contributed by atoms with Crippen molar-refractivity contribution in [3.05, 3.63) is 54.0 Å². The van der Waals surface area contributed by atoms with Crippen LogP contribution in [-0.2, 0) is 11.8 Å². The molecule has 0 saturated carbocycles. The van der Waals surface area contributed by atoms with E-state index in [2.05, 4.69) is 20.4 Å². The Kier molecular flexibility index (Phi) is 4.62. The van der Waals surface area contributed by atoms with Crippen molar-refractivity contribution in [1.82, 2.24) is 29.9 Å². The number of halogens is 1. The largest absolute Gasteiger partial charge is 0.381 e. The number of aromatic nitrogens is 5. The van der Waals surface area contributed by atoms with Gasteiger partial charge in [0.2, 0.25) is 0 Å². The molecule has 2 saturated heterocycles. The molecule has 2 aliphatic heterocycles. The molecule has 30 heavy (non-hydrogen) atoms. The van der Waals surface area contributed by atoms with E-state index in [1.807, 2.05) is 16.5 Å². The summed E-state index contributed by atoms with van der Waals surface area (Å²) >= 11 is 0. The second-order valence-corrected chi connectivity index (χ2v) is 8.18. The SMILES string of the molecule is Cn1cnnc1C1CN(C(=O)c2cn[nH]c2-c2ccc(F)cc2)CC12CCOCC2. The van der Waals surface area contributed by atoms with Crippen LogP contribution < -0.4 is 0 Å². The fourth-order valence-corrected chi connectivity index (χ4v) is 4.83. The predicted molar refractivity (Wildman–Crippen MR) is 106 cm³/mol. The zero-order chi connectivity index (χ0) is 20.7. The van der Waals surface area contributed by atoms with Gasteiger partial charge in [-0.05, 0) is 37.1 Å². The van der Waals surface area contributed by atoms with Crippen molar-refractivity contribution in [3.63, 3.8) is 0 Å². The first-order valence-electron chi connectivity index (χ1n) is 10.1. The quantitative estimate of drug-likeness (QED) is 0.716. The van der Waals surface area contributed by atoms with E-state index in [4.69, 9.17) is 4.74 Å². The fraction of sp³-hybridized carbons (Fsp3) is 0.429. The summed E-state index contributed by atoms with van der Waals surface area (Å²) in [6.45, 7) is 2.58. The summed E-state index contributed by atoms with van der Waals surface area (Å²) in [6, 6.07) is 6.04. The number of aromatic amines is 1. The zero-order valence-corrected chi connectivity index (χ0v) is 16.7.